The third-order valence-corrected chi connectivity index (χ3v) is 8.93. The summed E-state index contributed by atoms with van der Waals surface area (Å²) in [5.41, 5.74) is 8.69. The quantitative estimate of drug-likeness (QED) is 0.0510. The smallest absolute Gasteiger partial charge is 0.410 e. The number of hydrogen-bond donors (Lipinski definition) is 2. The molecule has 0 aromatic heterocycles. The first-order valence-corrected chi connectivity index (χ1v) is 18.0. The van der Waals surface area contributed by atoms with Crippen molar-refractivity contribution in [3.63, 3.8) is 0 Å². The number of methoxy groups -OCH3 is 1. The van der Waals surface area contributed by atoms with Crippen LogP contribution in [-0.4, -0.2) is 66.2 Å². The largest absolute Gasteiger partial charge is 0.454 e. The Kier molecular flexibility index (Phi) is 14.5. The van der Waals surface area contributed by atoms with Gasteiger partial charge in [-0.2, -0.15) is 0 Å². The van der Waals surface area contributed by atoms with Crippen LogP contribution in [0.15, 0.2) is 140 Å². The van der Waals surface area contributed by atoms with Crippen LogP contribution in [0.4, 0.5) is 16.2 Å². The summed E-state index contributed by atoms with van der Waals surface area (Å²) < 4.78 is 16.5. The molecule has 0 spiro atoms. The first-order chi connectivity index (χ1) is 27.2. The fourth-order valence-electron chi connectivity index (χ4n) is 6.09. The number of carbonyl (C=O) groups excluding carboxylic acids is 5. The predicted molar refractivity (Wildman–Crippen MR) is 209 cm³/mol. The molecule has 0 saturated heterocycles. The zero-order valence-corrected chi connectivity index (χ0v) is 30.9. The van der Waals surface area contributed by atoms with Crippen molar-refractivity contribution < 1.29 is 43.3 Å². The molecule has 5 aromatic rings. The molecule has 0 heterocycles. The number of aliphatic hydroxyl groups is 1. The van der Waals surface area contributed by atoms with Crippen molar-refractivity contribution in [3.05, 3.63) is 167 Å². The lowest BCUT2D eigenvalue weighted by molar-refractivity contribution is -0.154. The maximum absolute atomic E-state index is 14.2. The number of hydrogen-bond acceptors (Lipinski definition) is 9. The molecule has 0 radical (unpaired) electrons. The Morgan fingerprint density at radius 3 is 1.84 bits per heavy atom. The molecule has 0 unspecified atom stereocenters. The molecule has 1 atom stereocenters. The minimum absolute atomic E-state index is 0.000174. The van der Waals surface area contributed by atoms with Crippen LogP contribution in [0.3, 0.4) is 0 Å². The van der Waals surface area contributed by atoms with Gasteiger partial charge in [-0.25, -0.2) is 14.4 Å². The molecule has 56 heavy (non-hydrogen) atoms. The number of nitrogens with zero attached hydrogens (tertiary/aromatic N) is 2. The van der Waals surface area contributed by atoms with Crippen molar-refractivity contribution in [2.24, 2.45) is 5.73 Å². The zero-order valence-electron chi connectivity index (χ0n) is 30.9. The molecular weight excluding hydrogens is 714 g/mol. The highest BCUT2D eigenvalue weighted by Gasteiger charge is 2.32. The van der Waals surface area contributed by atoms with E-state index in [-0.39, 0.29) is 43.1 Å². The number of rotatable bonds is 16. The Labute approximate surface area is 325 Å². The topological polar surface area (TPSA) is 166 Å². The first-order valence-electron chi connectivity index (χ1n) is 18.0. The number of carbonyl (C=O) groups is 5. The third kappa shape index (κ3) is 10.5. The SMILES string of the molecule is COC(=O)N(CCCCO)[C@@H](Cc1ccc(N(C(=O)C(=O)OCc2ccccc2)c2ccccc2C(=O)OC(c2ccccc2)c2ccccc2)cc1)C(N)=O. The van der Waals surface area contributed by atoms with Crippen molar-refractivity contribution in [1.82, 2.24) is 4.90 Å². The van der Waals surface area contributed by atoms with Gasteiger partial charge in [-0.3, -0.25) is 19.4 Å². The number of esters is 2. The van der Waals surface area contributed by atoms with E-state index in [1.807, 2.05) is 66.7 Å². The molecule has 0 aliphatic rings. The molecule has 3 amide bonds. The van der Waals surface area contributed by atoms with Crippen LogP contribution in [0.1, 0.15) is 51.6 Å². The highest BCUT2D eigenvalue weighted by atomic mass is 16.6. The van der Waals surface area contributed by atoms with Gasteiger partial charge in [0.2, 0.25) is 5.91 Å². The van der Waals surface area contributed by atoms with Gasteiger partial charge >= 0.3 is 23.9 Å². The number of aliphatic hydroxyl groups excluding tert-OH is 1. The molecule has 288 valence electrons. The van der Waals surface area contributed by atoms with E-state index in [2.05, 4.69) is 0 Å². The normalized spacial score (nSPS) is 11.3. The minimum atomic E-state index is -1.17. The molecule has 3 N–H and O–H groups in total. The average molecular weight is 758 g/mol. The van der Waals surface area contributed by atoms with Gasteiger partial charge in [0.05, 0.1) is 18.4 Å². The van der Waals surface area contributed by atoms with Crippen LogP contribution in [0, 0.1) is 0 Å². The average Bonchev–Trinajstić information content (AvgIpc) is 3.24. The minimum Gasteiger partial charge on any atom is -0.454 e. The summed E-state index contributed by atoms with van der Waals surface area (Å²) in [7, 11) is 1.20. The van der Waals surface area contributed by atoms with E-state index in [9.17, 15) is 29.1 Å². The predicted octanol–water partition coefficient (Wildman–Crippen LogP) is 6.28. The number of benzene rings is 5. The summed E-state index contributed by atoms with van der Waals surface area (Å²) in [4.78, 5) is 69.3. The number of anilines is 2. The maximum atomic E-state index is 14.2. The van der Waals surface area contributed by atoms with Crippen LogP contribution in [0.5, 0.6) is 0 Å². The molecule has 0 bridgehead atoms. The Balaban J connectivity index is 1.50. The third-order valence-electron chi connectivity index (χ3n) is 8.93. The second-order valence-corrected chi connectivity index (χ2v) is 12.7. The van der Waals surface area contributed by atoms with Gasteiger partial charge in [-0.05, 0) is 59.4 Å². The van der Waals surface area contributed by atoms with Crippen molar-refractivity contribution in [2.75, 3.05) is 25.2 Å². The molecule has 5 aromatic carbocycles. The van der Waals surface area contributed by atoms with Crippen LogP contribution in [0.2, 0.25) is 0 Å². The summed E-state index contributed by atoms with van der Waals surface area (Å²) in [6, 6.07) is 38.9. The van der Waals surface area contributed by atoms with E-state index in [0.717, 1.165) is 16.0 Å². The van der Waals surface area contributed by atoms with Crippen molar-refractivity contribution in [3.8, 4) is 0 Å². The molecule has 0 aliphatic heterocycles. The molecular formula is C44H43N3O9. The number of nitrogens with two attached hydrogens (primary N) is 1. The van der Waals surface area contributed by atoms with Gasteiger partial charge in [0.25, 0.3) is 0 Å². The van der Waals surface area contributed by atoms with Crippen molar-refractivity contribution >= 4 is 41.2 Å². The summed E-state index contributed by atoms with van der Waals surface area (Å²) in [6.07, 6.45) is -0.729. The Morgan fingerprint density at radius 1 is 0.696 bits per heavy atom. The zero-order chi connectivity index (χ0) is 39.9. The van der Waals surface area contributed by atoms with Crippen LogP contribution in [0.25, 0.3) is 0 Å². The van der Waals surface area contributed by atoms with E-state index in [4.69, 9.17) is 19.9 Å². The molecule has 12 nitrogen and oxygen atoms in total. The second kappa shape index (κ2) is 20.0. The Morgan fingerprint density at radius 2 is 1.27 bits per heavy atom. The Bertz CT molecular complexity index is 2040. The van der Waals surface area contributed by atoms with Crippen LogP contribution >= 0.6 is 0 Å². The summed E-state index contributed by atoms with van der Waals surface area (Å²) in [6.45, 7) is -0.135. The lowest BCUT2D eigenvalue weighted by Crippen LogP contribution is -2.49. The summed E-state index contributed by atoms with van der Waals surface area (Å²) >= 11 is 0. The number of primary amides is 1. The van der Waals surface area contributed by atoms with E-state index in [1.165, 1.54) is 24.1 Å². The van der Waals surface area contributed by atoms with Gasteiger partial charge in [0.15, 0.2) is 6.10 Å². The van der Waals surface area contributed by atoms with Gasteiger partial charge in [0.1, 0.15) is 12.6 Å². The first kappa shape index (κ1) is 40.4. The number of amides is 3. The standard InChI is InChI=1S/C44H43N3O9/c1-54-44(53)46(27-13-14-28-48)38(40(45)49)29-31-23-25-35(26-24-31)47(41(50)43(52)55-30-32-15-5-2-6-16-32)37-22-12-11-21-36(37)42(51)56-39(33-17-7-3-8-18-33)34-19-9-4-10-20-34/h2-12,15-26,38-39,48H,13-14,27-30H2,1H3,(H2,45,49)/t38-/m0/s1. The van der Waals surface area contributed by atoms with Gasteiger partial charge in [-0.1, -0.05) is 115 Å². The number of para-hydroxylation sites is 1. The molecule has 0 aliphatic carbocycles. The highest BCUT2D eigenvalue weighted by molar-refractivity contribution is 6.40. The highest BCUT2D eigenvalue weighted by Crippen LogP contribution is 2.33. The molecule has 5 rings (SSSR count). The van der Waals surface area contributed by atoms with E-state index >= 15 is 0 Å². The fraction of sp³-hybridized carbons (Fsp3) is 0.205. The monoisotopic (exact) mass is 757 g/mol. The van der Waals surface area contributed by atoms with Gasteiger partial charge < -0.3 is 25.1 Å². The number of ether oxygens (including phenoxy) is 3. The molecule has 12 heteroatoms. The molecule has 0 saturated carbocycles. The van der Waals surface area contributed by atoms with Crippen molar-refractivity contribution in [2.45, 2.75) is 38.0 Å². The van der Waals surface area contributed by atoms with Crippen LogP contribution in [-0.2, 0) is 41.6 Å². The maximum Gasteiger partial charge on any atom is 0.410 e. The van der Waals surface area contributed by atoms with Crippen molar-refractivity contribution in [1.29, 1.82) is 0 Å². The van der Waals surface area contributed by atoms with E-state index in [1.54, 1.807) is 60.7 Å². The second-order valence-electron chi connectivity index (χ2n) is 12.7. The van der Waals surface area contributed by atoms with Gasteiger partial charge in [-0.15, -0.1) is 0 Å². The lowest BCUT2D eigenvalue weighted by Gasteiger charge is -2.29. The Hall–Kier alpha value is -6.79. The van der Waals surface area contributed by atoms with Gasteiger partial charge in [0, 0.05) is 25.3 Å². The summed E-state index contributed by atoms with van der Waals surface area (Å²) in [5.74, 6) is -3.76. The fourth-order valence-corrected chi connectivity index (χ4v) is 6.09. The summed E-state index contributed by atoms with van der Waals surface area (Å²) in [5, 5.41) is 9.24. The van der Waals surface area contributed by atoms with E-state index in [0.29, 0.717) is 24.0 Å². The van der Waals surface area contributed by atoms with Crippen LogP contribution < -0.4 is 10.6 Å². The lowest BCUT2D eigenvalue weighted by atomic mass is 10.0. The van der Waals surface area contributed by atoms with E-state index < -0.39 is 42.0 Å². The molecule has 0 fully saturated rings. The number of unbranched alkanes of at least 4 members (excludes halogenated alkanes) is 1.